The van der Waals surface area contributed by atoms with Gasteiger partial charge in [0.25, 0.3) is 0 Å². The minimum Gasteiger partial charge on any atom is -0.508 e. The average Bonchev–Trinajstić information content (AvgIpc) is 3.10. The van der Waals surface area contributed by atoms with Gasteiger partial charge in [0.15, 0.2) is 0 Å². The van der Waals surface area contributed by atoms with Crippen molar-refractivity contribution in [2.24, 2.45) is 5.73 Å². The number of nitrogens with zero attached hydrogens (tertiary/aromatic N) is 2. The molecule has 0 fully saturated rings. The van der Waals surface area contributed by atoms with Gasteiger partial charge in [-0.15, -0.1) is 11.3 Å². The van der Waals surface area contributed by atoms with Crippen LogP contribution < -0.4 is 5.73 Å². The molecule has 108 valence electrons. The Morgan fingerprint density at radius 3 is 2.67 bits per heavy atom. The van der Waals surface area contributed by atoms with Crippen LogP contribution in [-0.2, 0) is 6.42 Å². The Morgan fingerprint density at radius 2 is 2.00 bits per heavy atom. The fraction of sp³-hybridized carbons (Fsp3) is 0.143. The third kappa shape index (κ3) is 3.31. The van der Waals surface area contributed by atoms with Crippen molar-refractivity contribution in [2.75, 3.05) is 0 Å². The Balaban J connectivity index is 1.74. The van der Waals surface area contributed by atoms with E-state index < -0.39 is 0 Å². The number of phenols is 1. The van der Waals surface area contributed by atoms with E-state index in [4.69, 9.17) is 10.3 Å². The molecule has 1 aromatic carbocycles. The van der Waals surface area contributed by atoms with Crippen molar-refractivity contribution in [3.63, 3.8) is 0 Å². The van der Waals surface area contributed by atoms with Crippen LogP contribution in [0.15, 0.2) is 44.7 Å². The van der Waals surface area contributed by atoms with Crippen molar-refractivity contribution in [1.29, 1.82) is 0 Å². The molecule has 0 spiro atoms. The lowest BCUT2D eigenvalue weighted by molar-refractivity contribution is 0.354. The number of phenolic OH excluding ortho intramolecular Hbond substituents is 1. The Bertz CT molecular complexity index is 739. The molecule has 0 aliphatic heterocycles. The number of hydrogen-bond acceptors (Lipinski definition) is 6. The summed E-state index contributed by atoms with van der Waals surface area (Å²) in [7, 11) is 0. The molecular formula is C14H12BrN3O2S. The summed E-state index contributed by atoms with van der Waals surface area (Å²) in [5, 5.41) is 13.2. The Hall–Kier alpha value is -1.70. The summed E-state index contributed by atoms with van der Waals surface area (Å²) in [5.74, 6) is 1.18. The fourth-order valence-electron chi connectivity index (χ4n) is 1.89. The normalized spacial score (nSPS) is 12.5. The van der Waals surface area contributed by atoms with E-state index in [1.807, 2.05) is 24.3 Å². The molecule has 0 bridgehead atoms. The van der Waals surface area contributed by atoms with E-state index in [1.54, 1.807) is 12.1 Å². The molecule has 3 N–H and O–H groups in total. The molecule has 21 heavy (non-hydrogen) atoms. The van der Waals surface area contributed by atoms with Gasteiger partial charge in [0.05, 0.1) is 14.7 Å². The predicted octanol–water partition coefficient (Wildman–Crippen LogP) is 3.51. The third-order valence-corrected chi connectivity index (χ3v) is 4.56. The second kappa shape index (κ2) is 5.97. The highest BCUT2D eigenvalue weighted by molar-refractivity contribution is 9.11. The van der Waals surface area contributed by atoms with E-state index in [0.29, 0.717) is 18.1 Å². The van der Waals surface area contributed by atoms with Gasteiger partial charge in [0, 0.05) is 0 Å². The molecule has 0 amide bonds. The van der Waals surface area contributed by atoms with Crippen molar-refractivity contribution in [1.82, 2.24) is 10.1 Å². The smallest absolute Gasteiger partial charge is 0.244 e. The first-order valence-corrected chi connectivity index (χ1v) is 7.85. The maximum absolute atomic E-state index is 9.26. The van der Waals surface area contributed by atoms with E-state index in [2.05, 4.69) is 26.1 Å². The average molecular weight is 366 g/mol. The summed E-state index contributed by atoms with van der Waals surface area (Å²) in [6.07, 6.45) is 0.566. The zero-order valence-corrected chi connectivity index (χ0v) is 13.3. The molecule has 2 heterocycles. The van der Waals surface area contributed by atoms with Gasteiger partial charge >= 0.3 is 0 Å². The highest BCUT2D eigenvalue weighted by Crippen LogP contribution is 2.30. The molecule has 3 rings (SSSR count). The summed E-state index contributed by atoms with van der Waals surface area (Å²) < 4.78 is 6.25. The maximum atomic E-state index is 9.26. The standard InChI is InChI=1S/C14H12BrN3O2S/c15-12-6-5-11(21-12)13-17-14(20-18-13)10(16)7-8-1-3-9(19)4-2-8/h1-6,10,19H,7,16H2/t10-/m1/s1. The van der Waals surface area contributed by atoms with Crippen LogP contribution in [0.1, 0.15) is 17.5 Å². The highest BCUT2D eigenvalue weighted by Gasteiger charge is 2.17. The number of rotatable bonds is 4. The number of benzene rings is 1. The van der Waals surface area contributed by atoms with Crippen LogP contribution in [0.5, 0.6) is 5.75 Å². The van der Waals surface area contributed by atoms with Gasteiger partial charge in [0.2, 0.25) is 11.7 Å². The Morgan fingerprint density at radius 1 is 1.24 bits per heavy atom. The molecule has 5 nitrogen and oxygen atoms in total. The van der Waals surface area contributed by atoms with Crippen LogP contribution >= 0.6 is 27.3 Å². The number of thiophene rings is 1. The molecule has 0 radical (unpaired) electrons. The highest BCUT2D eigenvalue weighted by atomic mass is 79.9. The van der Waals surface area contributed by atoms with E-state index in [1.165, 1.54) is 11.3 Å². The Kier molecular flexibility index (Phi) is 4.05. The molecule has 1 atom stereocenters. The van der Waals surface area contributed by atoms with Crippen molar-refractivity contribution in [2.45, 2.75) is 12.5 Å². The summed E-state index contributed by atoms with van der Waals surface area (Å²) in [6.45, 7) is 0. The van der Waals surface area contributed by atoms with Crippen LogP contribution in [0.3, 0.4) is 0 Å². The summed E-state index contributed by atoms with van der Waals surface area (Å²) in [5.41, 5.74) is 7.10. The molecule has 0 saturated heterocycles. The molecule has 0 unspecified atom stereocenters. The van der Waals surface area contributed by atoms with Gasteiger partial charge in [-0.1, -0.05) is 17.3 Å². The van der Waals surface area contributed by atoms with Crippen molar-refractivity contribution in [3.8, 4) is 16.5 Å². The Labute approximate surface area is 133 Å². The maximum Gasteiger partial charge on any atom is 0.244 e. The lowest BCUT2D eigenvalue weighted by atomic mass is 10.1. The molecule has 0 aliphatic rings. The van der Waals surface area contributed by atoms with Crippen LogP contribution in [0.4, 0.5) is 0 Å². The van der Waals surface area contributed by atoms with E-state index >= 15 is 0 Å². The molecule has 0 aliphatic carbocycles. The van der Waals surface area contributed by atoms with Gasteiger partial charge < -0.3 is 15.4 Å². The lowest BCUT2D eigenvalue weighted by Gasteiger charge is -2.06. The fourth-order valence-corrected chi connectivity index (χ4v) is 3.21. The quantitative estimate of drug-likeness (QED) is 0.738. The zero-order valence-electron chi connectivity index (χ0n) is 10.9. The predicted molar refractivity (Wildman–Crippen MR) is 84.1 cm³/mol. The number of hydrogen-bond donors (Lipinski definition) is 2. The molecule has 3 aromatic rings. The topological polar surface area (TPSA) is 85.2 Å². The first-order chi connectivity index (χ1) is 10.1. The lowest BCUT2D eigenvalue weighted by Crippen LogP contribution is -2.13. The van der Waals surface area contributed by atoms with Crippen LogP contribution in [0.25, 0.3) is 10.7 Å². The number of aromatic nitrogens is 2. The van der Waals surface area contributed by atoms with Gasteiger partial charge in [-0.2, -0.15) is 4.98 Å². The zero-order chi connectivity index (χ0) is 14.8. The number of halogens is 1. The van der Waals surface area contributed by atoms with Crippen molar-refractivity contribution in [3.05, 3.63) is 51.6 Å². The summed E-state index contributed by atoms with van der Waals surface area (Å²) in [4.78, 5) is 5.27. The van der Waals surface area contributed by atoms with Crippen molar-refractivity contribution < 1.29 is 9.63 Å². The summed E-state index contributed by atoms with van der Waals surface area (Å²) >= 11 is 4.94. The van der Waals surface area contributed by atoms with Gasteiger partial charge in [-0.05, 0) is 52.2 Å². The van der Waals surface area contributed by atoms with Crippen molar-refractivity contribution >= 4 is 27.3 Å². The first kappa shape index (κ1) is 14.2. The van der Waals surface area contributed by atoms with E-state index in [0.717, 1.165) is 14.2 Å². The van der Waals surface area contributed by atoms with Gasteiger partial charge in [0.1, 0.15) is 5.75 Å². The molecule has 2 aromatic heterocycles. The second-order valence-corrected chi connectivity index (χ2v) is 7.00. The number of aromatic hydroxyl groups is 1. The van der Waals surface area contributed by atoms with Gasteiger partial charge in [-0.25, -0.2) is 0 Å². The molecule has 0 saturated carbocycles. The monoisotopic (exact) mass is 365 g/mol. The SMILES string of the molecule is N[C@H](Cc1ccc(O)cc1)c1nc(-c2ccc(Br)s2)no1. The molecule has 7 heteroatoms. The van der Waals surface area contributed by atoms with Gasteiger partial charge in [-0.3, -0.25) is 0 Å². The largest absolute Gasteiger partial charge is 0.508 e. The second-order valence-electron chi connectivity index (χ2n) is 4.54. The third-order valence-electron chi connectivity index (χ3n) is 2.94. The first-order valence-electron chi connectivity index (χ1n) is 6.24. The van der Waals surface area contributed by atoms with E-state index in [9.17, 15) is 5.11 Å². The molecular weight excluding hydrogens is 354 g/mol. The minimum atomic E-state index is -0.376. The minimum absolute atomic E-state index is 0.232. The van der Waals surface area contributed by atoms with Crippen LogP contribution in [-0.4, -0.2) is 15.2 Å². The summed E-state index contributed by atoms with van der Waals surface area (Å²) in [6, 6.07) is 10.4. The number of nitrogens with two attached hydrogens (primary N) is 1. The van der Waals surface area contributed by atoms with Crippen LogP contribution in [0, 0.1) is 0 Å². The van der Waals surface area contributed by atoms with Crippen LogP contribution in [0.2, 0.25) is 0 Å². The van der Waals surface area contributed by atoms with E-state index in [-0.39, 0.29) is 11.8 Å².